The second-order valence-corrected chi connectivity index (χ2v) is 6.70. The van der Waals surface area contributed by atoms with Crippen molar-refractivity contribution in [2.24, 2.45) is 5.73 Å². The predicted octanol–water partition coefficient (Wildman–Crippen LogP) is 4.42. The molecule has 0 fully saturated rings. The lowest BCUT2D eigenvalue weighted by atomic mass is 10.0. The SMILES string of the molecule is NC(=O)Oc1ccc2nc(-c3ccc(C(O)c4ccc(Cl)cc4)cc3)[nH]c2c1. The van der Waals surface area contributed by atoms with Crippen LogP contribution in [0.25, 0.3) is 22.4 Å². The summed E-state index contributed by atoms with van der Waals surface area (Å²) >= 11 is 5.90. The van der Waals surface area contributed by atoms with E-state index in [0.29, 0.717) is 16.6 Å². The molecule has 0 spiro atoms. The summed E-state index contributed by atoms with van der Waals surface area (Å²) in [5.74, 6) is 1.01. The molecule has 1 amide bonds. The topological polar surface area (TPSA) is 101 Å². The molecule has 0 aliphatic heterocycles. The van der Waals surface area contributed by atoms with Gasteiger partial charge in [0.2, 0.25) is 0 Å². The van der Waals surface area contributed by atoms with E-state index in [9.17, 15) is 9.90 Å². The van der Waals surface area contributed by atoms with Crippen LogP contribution in [-0.2, 0) is 0 Å². The summed E-state index contributed by atoms with van der Waals surface area (Å²) in [6.45, 7) is 0. The first-order valence-electron chi connectivity index (χ1n) is 8.50. The largest absolute Gasteiger partial charge is 0.410 e. The van der Waals surface area contributed by atoms with Crippen molar-refractivity contribution >= 4 is 28.7 Å². The second kappa shape index (κ2) is 7.34. The quantitative estimate of drug-likeness (QED) is 0.477. The molecular formula is C21H16ClN3O3. The Morgan fingerprint density at radius 3 is 2.32 bits per heavy atom. The number of carbonyl (C=O) groups excluding carboxylic acids is 1. The van der Waals surface area contributed by atoms with Crippen molar-refractivity contribution in [1.29, 1.82) is 0 Å². The Labute approximate surface area is 165 Å². The van der Waals surface area contributed by atoms with Crippen molar-refractivity contribution in [2.45, 2.75) is 6.10 Å². The smallest absolute Gasteiger partial charge is 0.409 e. The second-order valence-electron chi connectivity index (χ2n) is 6.26. The molecule has 0 radical (unpaired) electrons. The van der Waals surface area contributed by atoms with Crippen molar-refractivity contribution in [3.8, 4) is 17.1 Å². The highest BCUT2D eigenvalue weighted by molar-refractivity contribution is 6.30. The number of halogens is 1. The summed E-state index contributed by atoms with van der Waals surface area (Å²) in [4.78, 5) is 18.6. The molecule has 0 saturated heterocycles. The molecule has 0 aliphatic carbocycles. The summed E-state index contributed by atoms with van der Waals surface area (Å²) in [6.07, 6.45) is -1.61. The Morgan fingerprint density at radius 2 is 1.68 bits per heavy atom. The molecular weight excluding hydrogens is 378 g/mol. The van der Waals surface area contributed by atoms with Gasteiger partial charge in [-0.05, 0) is 35.4 Å². The number of fused-ring (bicyclic) bond motifs is 1. The molecule has 1 heterocycles. The lowest BCUT2D eigenvalue weighted by Crippen LogP contribution is -2.16. The standard InChI is InChI=1S/C21H16ClN3O3/c22-15-7-5-13(6-8-15)19(26)12-1-3-14(4-2-12)20-24-17-10-9-16(28-21(23)27)11-18(17)25-20/h1-11,19,26H,(H2,23,27)(H,24,25). The zero-order valence-electron chi connectivity index (χ0n) is 14.6. The van der Waals surface area contributed by atoms with Gasteiger partial charge in [-0.25, -0.2) is 9.78 Å². The molecule has 6 nitrogen and oxygen atoms in total. The predicted molar refractivity (Wildman–Crippen MR) is 107 cm³/mol. The maximum atomic E-state index is 10.9. The summed E-state index contributed by atoms with van der Waals surface area (Å²) < 4.78 is 4.88. The van der Waals surface area contributed by atoms with Crippen LogP contribution >= 0.6 is 11.6 Å². The van der Waals surface area contributed by atoms with E-state index in [1.165, 1.54) is 0 Å². The first-order valence-corrected chi connectivity index (χ1v) is 8.88. The van der Waals surface area contributed by atoms with E-state index in [0.717, 1.165) is 27.7 Å². The summed E-state index contributed by atoms with van der Waals surface area (Å²) in [5, 5.41) is 11.2. The van der Waals surface area contributed by atoms with Crippen molar-refractivity contribution in [3.05, 3.63) is 82.9 Å². The minimum atomic E-state index is -0.867. The van der Waals surface area contributed by atoms with E-state index in [-0.39, 0.29) is 0 Å². The van der Waals surface area contributed by atoms with Crippen LogP contribution in [0.2, 0.25) is 5.02 Å². The lowest BCUT2D eigenvalue weighted by Gasteiger charge is -2.12. The van der Waals surface area contributed by atoms with Gasteiger partial charge in [-0.2, -0.15) is 0 Å². The maximum Gasteiger partial charge on any atom is 0.409 e. The number of nitrogens with two attached hydrogens (primary N) is 1. The number of carbonyl (C=O) groups is 1. The number of aliphatic hydroxyl groups is 1. The van der Waals surface area contributed by atoms with Crippen LogP contribution in [-0.4, -0.2) is 21.2 Å². The number of amides is 1. The first kappa shape index (κ1) is 18.0. The molecule has 0 saturated carbocycles. The van der Waals surface area contributed by atoms with Gasteiger partial charge in [0, 0.05) is 16.7 Å². The number of ether oxygens (including phenoxy) is 1. The number of rotatable bonds is 4. The molecule has 4 aromatic rings. The average Bonchev–Trinajstić information content (AvgIpc) is 3.11. The number of primary amides is 1. The van der Waals surface area contributed by atoms with Crippen LogP contribution in [0.1, 0.15) is 17.2 Å². The molecule has 4 N–H and O–H groups in total. The third-order valence-corrected chi connectivity index (χ3v) is 4.61. The highest BCUT2D eigenvalue weighted by Crippen LogP contribution is 2.27. The summed E-state index contributed by atoms with van der Waals surface area (Å²) in [5.41, 5.74) is 8.88. The van der Waals surface area contributed by atoms with Crippen LogP contribution in [0.3, 0.4) is 0 Å². The molecule has 140 valence electrons. The third kappa shape index (κ3) is 3.69. The Hall–Kier alpha value is -3.35. The van der Waals surface area contributed by atoms with E-state index in [1.54, 1.807) is 42.5 Å². The van der Waals surface area contributed by atoms with Crippen molar-refractivity contribution in [1.82, 2.24) is 9.97 Å². The number of hydrogen-bond acceptors (Lipinski definition) is 4. The first-order chi connectivity index (χ1) is 13.5. The van der Waals surface area contributed by atoms with E-state index in [2.05, 4.69) is 9.97 Å². The average molecular weight is 394 g/mol. The number of hydrogen-bond donors (Lipinski definition) is 3. The lowest BCUT2D eigenvalue weighted by molar-refractivity contribution is 0.211. The van der Waals surface area contributed by atoms with Gasteiger partial charge in [0.25, 0.3) is 0 Å². The maximum absolute atomic E-state index is 10.9. The van der Waals surface area contributed by atoms with Crippen LogP contribution in [0.4, 0.5) is 4.79 Å². The molecule has 0 bridgehead atoms. The zero-order chi connectivity index (χ0) is 19.7. The summed E-state index contributed by atoms with van der Waals surface area (Å²) in [7, 11) is 0. The Morgan fingerprint density at radius 1 is 1.04 bits per heavy atom. The third-order valence-electron chi connectivity index (χ3n) is 4.36. The Balaban J connectivity index is 1.59. The minimum absolute atomic E-state index is 0.344. The molecule has 1 unspecified atom stereocenters. The van der Waals surface area contributed by atoms with Gasteiger partial charge >= 0.3 is 6.09 Å². The van der Waals surface area contributed by atoms with Gasteiger partial charge in [-0.1, -0.05) is 48.0 Å². The van der Waals surface area contributed by atoms with E-state index >= 15 is 0 Å². The van der Waals surface area contributed by atoms with Crippen molar-refractivity contribution in [3.63, 3.8) is 0 Å². The van der Waals surface area contributed by atoms with E-state index < -0.39 is 12.2 Å². The van der Waals surface area contributed by atoms with Crippen LogP contribution in [0.15, 0.2) is 66.7 Å². The van der Waals surface area contributed by atoms with Crippen LogP contribution in [0, 0.1) is 0 Å². The number of nitrogens with one attached hydrogen (secondary N) is 1. The van der Waals surface area contributed by atoms with Crippen molar-refractivity contribution in [2.75, 3.05) is 0 Å². The number of H-pyrrole nitrogens is 1. The molecule has 28 heavy (non-hydrogen) atoms. The molecule has 0 aliphatic rings. The molecule has 1 atom stereocenters. The normalized spacial score (nSPS) is 12.1. The molecule has 4 rings (SSSR count). The van der Waals surface area contributed by atoms with Gasteiger partial charge in [0.05, 0.1) is 11.0 Å². The fourth-order valence-electron chi connectivity index (χ4n) is 2.97. The fraction of sp³-hybridized carbons (Fsp3) is 0.0476. The van der Waals surface area contributed by atoms with E-state index in [4.69, 9.17) is 22.1 Å². The minimum Gasteiger partial charge on any atom is -0.410 e. The number of imidazole rings is 1. The zero-order valence-corrected chi connectivity index (χ0v) is 15.4. The van der Waals surface area contributed by atoms with Gasteiger partial charge < -0.3 is 20.6 Å². The van der Waals surface area contributed by atoms with Crippen molar-refractivity contribution < 1.29 is 14.6 Å². The Bertz CT molecular complexity index is 1140. The highest BCUT2D eigenvalue weighted by atomic mass is 35.5. The monoisotopic (exact) mass is 393 g/mol. The van der Waals surface area contributed by atoms with Gasteiger partial charge in [0.15, 0.2) is 0 Å². The van der Waals surface area contributed by atoms with Gasteiger partial charge in [-0.15, -0.1) is 0 Å². The van der Waals surface area contributed by atoms with Crippen LogP contribution in [0.5, 0.6) is 5.75 Å². The van der Waals surface area contributed by atoms with Gasteiger partial charge in [-0.3, -0.25) is 0 Å². The van der Waals surface area contributed by atoms with Crippen LogP contribution < -0.4 is 10.5 Å². The highest BCUT2D eigenvalue weighted by Gasteiger charge is 2.12. The fourth-order valence-corrected chi connectivity index (χ4v) is 3.09. The van der Waals surface area contributed by atoms with E-state index in [1.807, 2.05) is 24.3 Å². The number of aromatic nitrogens is 2. The number of aliphatic hydroxyl groups excluding tert-OH is 1. The number of nitrogens with zero attached hydrogens (tertiary/aromatic N) is 1. The number of aromatic amines is 1. The summed E-state index contributed by atoms with van der Waals surface area (Å²) in [6, 6.07) is 19.6. The molecule has 3 aromatic carbocycles. The molecule has 7 heteroatoms. The van der Waals surface area contributed by atoms with Gasteiger partial charge in [0.1, 0.15) is 17.7 Å². The molecule has 1 aromatic heterocycles. The Kier molecular flexibility index (Phi) is 4.73. The number of benzene rings is 3.